The first-order chi connectivity index (χ1) is 9.97. The molecule has 2 aliphatic rings. The summed E-state index contributed by atoms with van der Waals surface area (Å²) in [7, 11) is 0. The van der Waals surface area contributed by atoms with Gasteiger partial charge in [-0.1, -0.05) is 12.8 Å². The first kappa shape index (κ1) is 15.7. The van der Waals surface area contributed by atoms with E-state index in [2.05, 4.69) is 18.2 Å². The molecule has 0 unspecified atom stereocenters. The number of amides is 2. The summed E-state index contributed by atoms with van der Waals surface area (Å²) in [5, 5.41) is 12.3. The van der Waals surface area contributed by atoms with Crippen molar-refractivity contribution in [1.29, 1.82) is 0 Å². The molecule has 0 aromatic heterocycles. The first-order valence-electron chi connectivity index (χ1n) is 7.71. The van der Waals surface area contributed by atoms with E-state index >= 15 is 0 Å². The molecule has 0 saturated heterocycles. The molecule has 2 saturated carbocycles. The monoisotopic (exact) mass is 292 g/mol. The maximum atomic E-state index is 12.4. The van der Waals surface area contributed by atoms with E-state index in [1.807, 2.05) is 0 Å². The SMILES string of the molecule is C#CCN(CC1CC1)C(=O)NC1(C(=O)O)CCC(C)CC1. The molecule has 0 atom stereocenters. The van der Waals surface area contributed by atoms with Gasteiger partial charge in [0.05, 0.1) is 6.54 Å². The third kappa shape index (κ3) is 3.90. The Bertz CT molecular complexity index is 443. The zero-order valence-electron chi connectivity index (χ0n) is 12.6. The third-order valence-corrected chi connectivity index (χ3v) is 4.63. The minimum Gasteiger partial charge on any atom is -0.480 e. The van der Waals surface area contributed by atoms with Crippen molar-refractivity contribution in [3.63, 3.8) is 0 Å². The highest BCUT2D eigenvalue weighted by Crippen LogP contribution is 2.33. The number of aliphatic carboxylic acids is 1. The van der Waals surface area contributed by atoms with Crippen molar-refractivity contribution in [2.45, 2.75) is 51.0 Å². The first-order valence-corrected chi connectivity index (χ1v) is 7.71. The van der Waals surface area contributed by atoms with Gasteiger partial charge in [-0.25, -0.2) is 9.59 Å². The van der Waals surface area contributed by atoms with Gasteiger partial charge in [0.1, 0.15) is 5.54 Å². The van der Waals surface area contributed by atoms with Gasteiger partial charge in [0, 0.05) is 6.54 Å². The van der Waals surface area contributed by atoms with Crippen LogP contribution in [0.2, 0.25) is 0 Å². The molecule has 2 fully saturated rings. The van der Waals surface area contributed by atoms with Crippen LogP contribution in [-0.2, 0) is 4.79 Å². The van der Waals surface area contributed by atoms with Crippen LogP contribution in [0.3, 0.4) is 0 Å². The summed E-state index contributed by atoms with van der Waals surface area (Å²) < 4.78 is 0. The van der Waals surface area contributed by atoms with Crippen LogP contribution < -0.4 is 5.32 Å². The van der Waals surface area contributed by atoms with E-state index in [4.69, 9.17) is 6.42 Å². The van der Waals surface area contributed by atoms with Gasteiger partial charge in [0.25, 0.3) is 0 Å². The van der Waals surface area contributed by atoms with E-state index in [9.17, 15) is 14.7 Å². The maximum absolute atomic E-state index is 12.4. The summed E-state index contributed by atoms with van der Waals surface area (Å²) in [4.78, 5) is 25.6. The Hall–Kier alpha value is -1.70. The van der Waals surface area contributed by atoms with Crippen molar-refractivity contribution < 1.29 is 14.7 Å². The Kier molecular flexibility index (Phi) is 4.76. The molecule has 0 spiro atoms. The molecule has 116 valence electrons. The topological polar surface area (TPSA) is 69.6 Å². The second-order valence-electron chi connectivity index (χ2n) is 6.53. The average Bonchev–Trinajstić information content (AvgIpc) is 3.25. The summed E-state index contributed by atoms with van der Waals surface area (Å²) in [6.07, 6.45) is 10.2. The largest absolute Gasteiger partial charge is 0.480 e. The van der Waals surface area contributed by atoms with Crippen LogP contribution in [-0.4, -0.2) is 40.6 Å². The lowest BCUT2D eigenvalue weighted by Crippen LogP contribution is -2.59. The molecular weight excluding hydrogens is 268 g/mol. The summed E-state index contributed by atoms with van der Waals surface area (Å²) in [6.45, 7) is 2.97. The lowest BCUT2D eigenvalue weighted by molar-refractivity contribution is -0.146. The molecule has 0 aliphatic heterocycles. The van der Waals surface area contributed by atoms with Gasteiger partial charge in [0.2, 0.25) is 0 Å². The van der Waals surface area contributed by atoms with Crippen LogP contribution in [0.4, 0.5) is 4.79 Å². The lowest BCUT2D eigenvalue weighted by Gasteiger charge is -2.37. The van der Waals surface area contributed by atoms with E-state index in [0.29, 0.717) is 31.2 Å². The highest BCUT2D eigenvalue weighted by molar-refractivity contribution is 5.86. The predicted molar refractivity (Wildman–Crippen MR) is 79.7 cm³/mol. The van der Waals surface area contributed by atoms with E-state index < -0.39 is 11.5 Å². The van der Waals surface area contributed by atoms with Gasteiger partial charge in [-0.05, 0) is 50.4 Å². The van der Waals surface area contributed by atoms with Crippen LogP contribution in [0.15, 0.2) is 0 Å². The summed E-state index contributed by atoms with van der Waals surface area (Å²) in [6, 6.07) is -0.336. The zero-order chi connectivity index (χ0) is 15.5. The normalized spacial score (nSPS) is 28.5. The Labute approximate surface area is 126 Å². The van der Waals surface area contributed by atoms with Crippen molar-refractivity contribution >= 4 is 12.0 Å². The van der Waals surface area contributed by atoms with Crippen molar-refractivity contribution in [2.24, 2.45) is 11.8 Å². The number of hydrogen-bond donors (Lipinski definition) is 2. The molecule has 2 amide bonds. The van der Waals surface area contributed by atoms with Gasteiger partial charge in [0.15, 0.2) is 0 Å². The molecule has 5 nitrogen and oxygen atoms in total. The standard InChI is InChI=1S/C16H24N2O3/c1-3-10-18(11-13-4-5-13)15(21)17-16(14(19)20)8-6-12(2)7-9-16/h1,12-13H,4-11H2,2H3,(H,17,21)(H,19,20). The smallest absolute Gasteiger partial charge is 0.329 e. The van der Waals surface area contributed by atoms with Gasteiger partial charge < -0.3 is 15.3 Å². The number of nitrogens with one attached hydrogen (secondary N) is 1. The fourth-order valence-electron chi connectivity index (χ4n) is 2.87. The highest BCUT2D eigenvalue weighted by Gasteiger charge is 2.43. The van der Waals surface area contributed by atoms with Crippen LogP contribution in [0.5, 0.6) is 0 Å². The number of carboxylic acids is 1. The Morgan fingerprint density at radius 3 is 2.43 bits per heavy atom. The number of carbonyl (C=O) groups is 2. The minimum absolute atomic E-state index is 0.231. The van der Waals surface area contributed by atoms with E-state index in [0.717, 1.165) is 25.7 Å². The number of rotatable bonds is 5. The number of carboxylic acid groups (broad SMARTS) is 1. The predicted octanol–water partition coefficient (Wildman–Crippen LogP) is 2.07. The number of hydrogen-bond acceptors (Lipinski definition) is 2. The number of urea groups is 1. The quantitative estimate of drug-likeness (QED) is 0.762. The number of carbonyl (C=O) groups excluding carboxylic acids is 1. The van der Waals surface area contributed by atoms with Crippen LogP contribution in [0.1, 0.15) is 45.4 Å². The third-order valence-electron chi connectivity index (χ3n) is 4.63. The molecule has 2 N–H and O–H groups in total. The van der Waals surface area contributed by atoms with Gasteiger partial charge in [-0.2, -0.15) is 0 Å². The molecule has 0 heterocycles. The Balaban J connectivity index is 2.02. The molecule has 5 heteroatoms. The van der Waals surface area contributed by atoms with Crippen molar-refractivity contribution in [3.8, 4) is 12.3 Å². The molecule has 0 bridgehead atoms. The highest BCUT2D eigenvalue weighted by atomic mass is 16.4. The van der Waals surface area contributed by atoms with Crippen molar-refractivity contribution in [3.05, 3.63) is 0 Å². The van der Waals surface area contributed by atoms with Crippen molar-refractivity contribution in [2.75, 3.05) is 13.1 Å². The Morgan fingerprint density at radius 1 is 1.33 bits per heavy atom. The molecule has 0 radical (unpaired) electrons. The summed E-state index contributed by atoms with van der Waals surface area (Å²) >= 11 is 0. The van der Waals surface area contributed by atoms with Crippen LogP contribution >= 0.6 is 0 Å². The zero-order valence-corrected chi connectivity index (χ0v) is 12.6. The van der Waals surface area contributed by atoms with Gasteiger partial charge in [-0.15, -0.1) is 6.42 Å². The molecule has 21 heavy (non-hydrogen) atoms. The van der Waals surface area contributed by atoms with E-state index in [-0.39, 0.29) is 12.6 Å². The van der Waals surface area contributed by atoms with Gasteiger partial charge >= 0.3 is 12.0 Å². The molecular formula is C16H24N2O3. The minimum atomic E-state index is -1.13. The number of terminal acetylenes is 1. The van der Waals surface area contributed by atoms with E-state index in [1.165, 1.54) is 0 Å². The van der Waals surface area contributed by atoms with Crippen LogP contribution in [0, 0.1) is 24.2 Å². The summed E-state index contributed by atoms with van der Waals surface area (Å²) in [5.41, 5.74) is -1.13. The average molecular weight is 292 g/mol. The second-order valence-corrected chi connectivity index (χ2v) is 6.53. The molecule has 0 aromatic rings. The molecule has 0 aromatic carbocycles. The Morgan fingerprint density at radius 2 is 1.95 bits per heavy atom. The van der Waals surface area contributed by atoms with E-state index in [1.54, 1.807) is 4.90 Å². The number of nitrogens with zero attached hydrogens (tertiary/aromatic N) is 1. The fraction of sp³-hybridized carbons (Fsp3) is 0.750. The lowest BCUT2D eigenvalue weighted by atomic mass is 9.77. The van der Waals surface area contributed by atoms with Crippen LogP contribution in [0.25, 0.3) is 0 Å². The molecule has 2 aliphatic carbocycles. The maximum Gasteiger partial charge on any atom is 0.329 e. The second kappa shape index (κ2) is 6.38. The molecule has 2 rings (SSSR count). The fourth-order valence-corrected chi connectivity index (χ4v) is 2.87. The van der Waals surface area contributed by atoms with Gasteiger partial charge in [-0.3, -0.25) is 0 Å². The van der Waals surface area contributed by atoms with Crippen molar-refractivity contribution in [1.82, 2.24) is 10.2 Å². The summed E-state index contributed by atoms with van der Waals surface area (Å²) in [5.74, 6) is 2.59.